The number of aryl methyl sites for hydroxylation is 1. The van der Waals surface area contributed by atoms with Crippen LogP contribution >= 0.6 is 27.3 Å². The maximum atomic E-state index is 12.5. The van der Waals surface area contributed by atoms with Gasteiger partial charge in [0.2, 0.25) is 0 Å². The number of nitrogens with one attached hydrogen (secondary N) is 1. The molecular weight excluding hydrogens is 440 g/mol. The summed E-state index contributed by atoms with van der Waals surface area (Å²) in [5.41, 5.74) is 1.70. The van der Waals surface area contributed by atoms with Gasteiger partial charge in [-0.2, -0.15) is 8.78 Å². The molecule has 0 spiro atoms. The van der Waals surface area contributed by atoms with Crippen molar-refractivity contribution in [2.75, 3.05) is 0 Å². The summed E-state index contributed by atoms with van der Waals surface area (Å²) in [6.07, 6.45) is 1.66. The Bertz CT molecular complexity index is 951. The standard InChI is InChI=1S/C18H14BrF2N3O2S/c1-10-15(27-17(24-10)13-4-2-3-7-22-13)16(25)23-9-11-8-12(19)5-6-14(11)26-18(20)21/h2-8,18H,9H2,1H3,(H,23,25). The molecule has 0 saturated heterocycles. The van der Waals surface area contributed by atoms with Gasteiger partial charge in [-0.05, 0) is 37.3 Å². The van der Waals surface area contributed by atoms with Gasteiger partial charge in [0.1, 0.15) is 15.6 Å². The first-order chi connectivity index (χ1) is 12.9. The van der Waals surface area contributed by atoms with E-state index in [0.717, 1.165) is 0 Å². The molecule has 1 amide bonds. The highest BCUT2D eigenvalue weighted by Crippen LogP contribution is 2.27. The Balaban J connectivity index is 1.75. The summed E-state index contributed by atoms with van der Waals surface area (Å²) >= 11 is 4.51. The van der Waals surface area contributed by atoms with E-state index in [1.54, 1.807) is 31.3 Å². The Kier molecular flexibility index (Phi) is 6.12. The lowest BCUT2D eigenvalue weighted by molar-refractivity contribution is -0.0504. The Morgan fingerprint density at radius 2 is 2.15 bits per heavy atom. The minimum atomic E-state index is -2.94. The highest BCUT2D eigenvalue weighted by molar-refractivity contribution is 9.10. The molecule has 1 aromatic carbocycles. The molecule has 0 bridgehead atoms. The molecule has 9 heteroatoms. The van der Waals surface area contributed by atoms with Crippen LogP contribution in [-0.2, 0) is 6.54 Å². The number of carbonyl (C=O) groups excluding carboxylic acids is 1. The van der Waals surface area contributed by atoms with Crippen molar-refractivity contribution in [3.63, 3.8) is 0 Å². The molecule has 0 atom stereocenters. The molecule has 0 aliphatic carbocycles. The highest BCUT2D eigenvalue weighted by Gasteiger charge is 2.18. The average Bonchev–Trinajstić information content (AvgIpc) is 3.04. The lowest BCUT2D eigenvalue weighted by atomic mass is 10.2. The SMILES string of the molecule is Cc1nc(-c2ccccn2)sc1C(=O)NCc1cc(Br)ccc1OC(F)F. The van der Waals surface area contributed by atoms with Crippen LogP contribution in [0, 0.1) is 6.92 Å². The van der Waals surface area contributed by atoms with Crippen LogP contribution in [0.4, 0.5) is 8.78 Å². The van der Waals surface area contributed by atoms with Crippen LogP contribution in [0.25, 0.3) is 10.7 Å². The molecule has 0 fully saturated rings. The fourth-order valence-electron chi connectivity index (χ4n) is 2.36. The number of aromatic nitrogens is 2. The number of alkyl halides is 2. The van der Waals surface area contributed by atoms with E-state index in [1.165, 1.54) is 17.4 Å². The van der Waals surface area contributed by atoms with Gasteiger partial charge in [-0.25, -0.2) is 4.98 Å². The summed E-state index contributed by atoms with van der Waals surface area (Å²) in [6.45, 7) is -1.16. The van der Waals surface area contributed by atoms with Crippen molar-refractivity contribution >= 4 is 33.2 Å². The lowest BCUT2D eigenvalue weighted by Crippen LogP contribution is -2.23. The largest absolute Gasteiger partial charge is 0.434 e. The third-order valence-corrected chi connectivity index (χ3v) is 5.24. The van der Waals surface area contributed by atoms with Crippen LogP contribution in [-0.4, -0.2) is 22.5 Å². The molecule has 0 aliphatic rings. The Morgan fingerprint density at radius 1 is 1.33 bits per heavy atom. The average molecular weight is 454 g/mol. The predicted molar refractivity (Wildman–Crippen MR) is 102 cm³/mol. The molecular formula is C18H14BrF2N3O2S. The molecule has 27 heavy (non-hydrogen) atoms. The zero-order valence-electron chi connectivity index (χ0n) is 14.1. The van der Waals surface area contributed by atoms with Gasteiger partial charge in [0.15, 0.2) is 0 Å². The van der Waals surface area contributed by atoms with Crippen molar-refractivity contribution in [1.82, 2.24) is 15.3 Å². The van der Waals surface area contributed by atoms with Gasteiger partial charge in [0, 0.05) is 22.8 Å². The third kappa shape index (κ3) is 4.86. The number of benzene rings is 1. The molecule has 3 rings (SSSR count). The van der Waals surface area contributed by atoms with E-state index < -0.39 is 6.61 Å². The zero-order chi connectivity index (χ0) is 19.4. The van der Waals surface area contributed by atoms with Gasteiger partial charge >= 0.3 is 6.61 Å². The Morgan fingerprint density at radius 3 is 2.85 bits per heavy atom. The maximum Gasteiger partial charge on any atom is 0.387 e. The van der Waals surface area contributed by atoms with E-state index in [2.05, 4.69) is 36.0 Å². The third-order valence-electron chi connectivity index (χ3n) is 3.56. The predicted octanol–water partition coefficient (Wildman–Crippen LogP) is 4.81. The minimum Gasteiger partial charge on any atom is -0.434 e. The first kappa shape index (κ1) is 19.4. The molecule has 2 aromatic heterocycles. The summed E-state index contributed by atoms with van der Waals surface area (Å²) in [7, 11) is 0. The molecule has 0 aliphatic heterocycles. The van der Waals surface area contributed by atoms with E-state index >= 15 is 0 Å². The van der Waals surface area contributed by atoms with Gasteiger partial charge < -0.3 is 10.1 Å². The van der Waals surface area contributed by atoms with E-state index in [-0.39, 0.29) is 18.2 Å². The number of thiazole rings is 1. The van der Waals surface area contributed by atoms with Crippen molar-refractivity contribution in [2.45, 2.75) is 20.1 Å². The van der Waals surface area contributed by atoms with Gasteiger partial charge in [0.05, 0.1) is 11.4 Å². The minimum absolute atomic E-state index is 0.0173. The van der Waals surface area contributed by atoms with Crippen molar-refractivity contribution < 1.29 is 18.3 Å². The molecule has 5 nitrogen and oxygen atoms in total. The fraction of sp³-hybridized carbons (Fsp3) is 0.167. The number of halogens is 3. The van der Waals surface area contributed by atoms with Gasteiger partial charge in [-0.15, -0.1) is 11.3 Å². The summed E-state index contributed by atoms with van der Waals surface area (Å²) < 4.78 is 30.3. The van der Waals surface area contributed by atoms with Crippen LogP contribution in [0.15, 0.2) is 47.1 Å². The molecule has 0 saturated carbocycles. The number of rotatable bonds is 6. The number of hydrogen-bond donors (Lipinski definition) is 1. The zero-order valence-corrected chi connectivity index (χ0v) is 16.5. The number of hydrogen-bond acceptors (Lipinski definition) is 5. The van der Waals surface area contributed by atoms with Crippen molar-refractivity contribution in [3.8, 4) is 16.5 Å². The van der Waals surface area contributed by atoms with Crippen molar-refractivity contribution in [2.24, 2.45) is 0 Å². The van der Waals surface area contributed by atoms with E-state index in [1.807, 2.05) is 12.1 Å². The Labute approximate surface area is 166 Å². The number of ether oxygens (including phenoxy) is 1. The Hall–Kier alpha value is -2.39. The number of amides is 1. The monoisotopic (exact) mass is 453 g/mol. The second-order valence-corrected chi connectivity index (χ2v) is 7.38. The quantitative estimate of drug-likeness (QED) is 0.581. The molecule has 0 unspecified atom stereocenters. The lowest BCUT2D eigenvalue weighted by Gasteiger charge is -2.12. The first-order valence-corrected chi connectivity index (χ1v) is 9.45. The van der Waals surface area contributed by atoms with Gasteiger partial charge in [0.25, 0.3) is 5.91 Å². The molecule has 3 aromatic rings. The van der Waals surface area contributed by atoms with E-state index in [4.69, 9.17) is 0 Å². The normalized spacial score (nSPS) is 10.9. The molecule has 140 valence electrons. The van der Waals surface area contributed by atoms with Crippen LogP contribution in [0.5, 0.6) is 5.75 Å². The highest BCUT2D eigenvalue weighted by atomic mass is 79.9. The first-order valence-electron chi connectivity index (χ1n) is 7.84. The molecule has 0 radical (unpaired) electrons. The number of nitrogens with zero attached hydrogens (tertiary/aromatic N) is 2. The molecule has 1 N–H and O–H groups in total. The molecule has 2 heterocycles. The van der Waals surface area contributed by atoms with Gasteiger partial charge in [-0.1, -0.05) is 22.0 Å². The fourth-order valence-corrected chi connectivity index (χ4v) is 3.73. The van der Waals surface area contributed by atoms with E-state index in [9.17, 15) is 13.6 Å². The number of pyridine rings is 1. The number of carbonyl (C=O) groups is 1. The smallest absolute Gasteiger partial charge is 0.387 e. The summed E-state index contributed by atoms with van der Waals surface area (Å²) in [4.78, 5) is 21.6. The van der Waals surface area contributed by atoms with Gasteiger partial charge in [-0.3, -0.25) is 9.78 Å². The van der Waals surface area contributed by atoms with Crippen LogP contribution in [0.3, 0.4) is 0 Å². The van der Waals surface area contributed by atoms with Crippen molar-refractivity contribution in [3.05, 3.63) is 63.2 Å². The summed E-state index contributed by atoms with van der Waals surface area (Å²) in [5.74, 6) is -0.321. The van der Waals surface area contributed by atoms with Crippen LogP contribution < -0.4 is 10.1 Å². The maximum absolute atomic E-state index is 12.5. The van der Waals surface area contributed by atoms with Crippen LogP contribution in [0.1, 0.15) is 20.9 Å². The second kappa shape index (κ2) is 8.53. The van der Waals surface area contributed by atoms with Crippen molar-refractivity contribution in [1.29, 1.82) is 0 Å². The topological polar surface area (TPSA) is 64.1 Å². The summed E-state index contributed by atoms with van der Waals surface area (Å²) in [6, 6.07) is 10.1. The summed E-state index contributed by atoms with van der Waals surface area (Å²) in [5, 5.41) is 3.37. The second-order valence-electron chi connectivity index (χ2n) is 5.46. The van der Waals surface area contributed by atoms with Crippen LogP contribution in [0.2, 0.25) is 0 Å². The van der Waals surface area contributed by atoms with E-state index in [0.29, 0.717) is 31.3 Å².